The lowest BCUT2D eigenvalue weighted by Gasteiger charge is -1.98. The molecule has 5 nitrogen and oxygen atoms in total. The highest BCUT2D eigenvalue weighted by Crippen LogP contribution is 2.19. The second kappa shape index (κ2) is 3.53. The lowest BCUT2D eigenvalue weighted by Crippen LogP contribution is -2.07. The molecule has 1 heterocycles. The van der Waals surface area contributed by atoms with Gasteiger partial charge < -0.3 is 10.2 Å². The molecule has 0 aliphatic rings. The molecule has 1 atom stereocenters. The standard InChI is InChI=1S/C7H7NO4S/c1-3(6(9)10)5-8-4(2-13-5)7(11)12/h2-3H,1H3,(H,9,10)(H,11,12). The maximum Gasteiger partial charge on any atom is 0.355 e. The van der Waals surface area contributed by atoms with Crippen LogP contribution < -0.4 is 0 Å². The maximum absolute atomic E-state index is 10.5. The van der Waals surface area contributed by atoms with Crippen LogP contribution in [-0.4, -0.2) is 27.1 Å². The van der Waals surface area contributed by atoms with Crippen molar-refractivity contribution in [2.75, 3.05) is 0 Å². The molecule has 1 aromatic heterocycles. The van der Waals surface area contributed by atoms with Crippen LogP contribution >= 0.6 is 11.3 Å². The van der Waals surface area contributed by atoms with E-state index in [0.29, 0.717) is 5.01 Å². The molecule has 2 N–H and O–H groups in total. The Bertz CT molecular complexity index is 346. The predicted molar refractivity (Wildman–Crippen MR) is 45.1 cm³/mol. The number of aliphatic carboxylic acids is 1. The first-order valence-corrected chi connectivity index (χ1v) is 4.32. The molecule has 0 fully saturated rings. The third-order valence-electron chi connectivity index (χ3n) is 1.48. The molecule has 1 rings (SSSR count). The quantitative estimate of drug-likeness (QED) is 0.762. The molecule has 6 heteroatoms. The smallest absolute Gasteiger partial charge is 0.355 e. The van der Waals surface area contributed by atoms with E-state index in [4.69, 9.17) is 10.2 Å². The van der Waals surface area contributed by atoms with E-state index >= 15 is 0 Å². The SMILES string of the molecule is CC(C(=O)O)c1nc(C(=O)O)cs1. The van der Waals surface area contributed by atoms with Crippen molar-refractivity contribution in [3.8, 4) is 0 Å². The average molecular weight is 201 g/mol. The highest BCUT2D eigenvalue weighted by molar-refractivity contribution is 7.10. The Kier molecular flexibility index (Phi) is 2.62. The lowest BCUT2D eigenvalue weighted by molar-refractivity contribution is -0.138. The zero-order valence-corrected chi connectivity index (χ0v) is 7.54. The van der Waals surface area contributed by atoms with Crippen molar-refractivity contribution in [2.24, 2.45) is 0 Å². The Morgan fingerprint density at radius 1 is 1.54 bits per heavy atom. The fraction of sp³-hybridized carbons (Fsp3) is 0.286. The topological polar surface area (TPSA) is 87.5 Å². The van der Waals surface area contributed by atoms with Crippen LogP contribution in [0.15, 0.2) is 5.38 Å². The molecule has 0 saturated carbocycles. The minimum absolute atomic E-state index is 0.104. The average Bonchev–Trinajstić information content (AvgIpc) is 2.50. The summed E-state index contributed by atoms with van der Waals surface area (Å²) in [7, 11) is 0. The van der Waals surface area contributed by atoms with Crippen LogP contribution in [0.4, 0.5) is 0 Å². The number of aromatic nitrogens is 1. The Hall–Kier alpha value is -1.43. The van der Waals surface area contributed by atoms with Crippen LogP contribution in [0.25, 0.3) is 0 Å². The first-order valence-electron chi connectivity index (χ1n) is 3.44. The number of aromatic carboxylic acids is 1. The van der Waals surface area contributed by atoms with Crippen LogP contribution in [0, 0.1) is 0 Å². The molecule has 0 aromatic carbocycles. The summed E-state index contributed by atoms with van der Waals surface area (Å²) in [4.78, 5) is 24.6. The highest BCUT2D eigenvalue weighted by atomic mass is 32.1. The first kappa shape index (κ1) is 9.66. The number of hydrogen-bond acceptors (Lipinski definition) is 4. The van der Waals surface area contributed by atoms with Gasteiger partial charge in [0.25, 0.3) is 0 Å². The zero-order chi connectivity index (χ0) is 10.0. The van der Waals surface area contributed by atoms with Crippen molar-refractivity contribution in [1.29, 1.82) is 0 Å². The van der Waals surface area contributed by atoms with Gasteiger partial charge in [-0.2, -0.15) is 0 Å². The summed E-state index contributed by atoms with van der Waals surface area (Å²) in [5.41, 5.74) is -0.104. The number of carbonyl (C=O) groups is 2. The van der Waals surface area contributed by atoms with Gasteiger partial charge in [0.15, 0.2) is 5.69 Å². The summed E-state index contributed by atoms with van der Waals surface area (Å²) in [5, 5.41) is 18.8. The van der Waals surface area contributed by atoms with Gasteiger partial charge in [0, 0.05) is 5.38 Å². The Labute approximate surface area is 77.7 Å². The third-order valence-corrected chi connectivity index (χ3v) is 2.51. The van der Waals surface area contributed by atoms with E-state index in [1.165, 1.54) is 12.3 Å². The largest absolute Gasteiger partial charge is 0.481 e. The van der Waals surface area contributed by atoms with E-state index in [9.17, 15) is 9.59 Å². The van der Waals surface area contributed by atoms with Crippen molar-refractivity contribution in [1.82, 2.24) is 4.98 Å². The van der Waals surface area contributed by atoms with Gasteiger partial charge in [-0.05, 0) is 6.92 Å². The van der Waals surface area contributed by atoms with E-state index in [2.05, 4.69) is 4.98 Å². The number of thiazole rings is 1. The molecular formula is C7H7NO4S. The summed E-state index contributed by atoms with van der Waals surface area (Å²) in [5.74, 6) is -2.90. The normalized spacial score (nSPS) is 12.4. The number of carboxylic acid groups (broad SMARTS) is 2. The maximum atomic E-state index is 10.5. The van der Waals surface area contributed by atoms with Crippen molar-refractivity contribution < 1.29 is 19.8 Å². The van der Waals surface area contributed by atoms with Gasteiger partial charge in [-0.25, -0.2) is 9.78 Å². The van der Waals surface area contributed by atoms with Crippen LogP contribution in [0.2, 0.25) is 0 Å². The molecule has 1 aromatic rings. The molecule has 0 spiro atoms. The highest BCUT2D eigenvalue weighted by Gasteiger charge is 2.19. The van der Waals surface area contributed by atoms with Crippen LogP contribution in [0.3, 0.4) is 0 Å². The Balaban J connectivity index is 2.91. The number of hydrogen-bond donors (Lipinski definition) is 2. The molecule has 0 bridgehead atoms. The summed E-state index contributed by atoms with van der Waals surface area (Å²) < 4.78 is 0. The van der Waals surface area contributed by atoms with Crippen molar-refractivity contribution >= 4 is 23.3 Å². The minimum Gasteiger partial charge on any atom is -0.481 e. The Morgan fingerprint density at radius 3 is 2.54 bits per heavy atom. The lowest BCUT2D eigenvalue weighted by atomic mass is 10.2. The van der Waals surface area contributed by atoms with Crippen LogP contribution in [0.5, 0.6) is 0 Å². The van der Waals surface area contributed by atoms with E-state index < -0.39 is 17.9 Å². The van der Waals surface area contributed by atoms with Crippen molar-refractivity contribution in [2.45, 2.75) is 12.8 Å². The molecule has 0 amide bonds. The molecule has 0 radical (unpaired) electrons. The monoisotopic (exact) mass is 201 g/mol. The number of nitrogens with zero attached hydrogens (tertiary/aromatic N) is 1. The summed E-state index contributed by atoms with van der Waals surface area (Å²) in [6.07, 6.45) is 0. The summed E-state index contributed by atoms with van der Waals surface area (Å²) >= 11 is 1.04. The zero-order valence-electron chi connectivity index (χ0n) is 6.72. The van der Waals surface area contributed by atoms with Crippen molar-refractivity contribution in [3.63, 3.8) is 0 Å². The molecule has 13 heavy (non-hydrogen) atoms. The fourth-order valence-electron chi connectivity index (χ4n) is 0.690. The summed E-state index contributed by atoms with van der Waals surface area (Å²) in [6, 6.07) is 0. The second-order valence-electron chi connectivity index (χ2n) is 2.44. The third kappa shape index (κ3) is 2.03. The fourth-order valence-corrected chi connectivity index (χ4v) is 1.53. The molecule has 70 valence electrons. The van der Waals surface area contributed by atoms with Gasteiger partial charge in [0.05, 0.1) is 0 Å². The molecule has 0 saturated heterocycles. The van der Waals surface area contributed by atoms with E-state index in [1.54, 1.807) is 0 Å². The molecule has 1 unspecified atom stereocenters. The van der Waals surface area contributed by atoms with Gasteiger partial charge in [0.2, 0.25) is 0 Å². The molecule has 0 aliphatic heterocycles. The molecule has 0 aliphatic carbocycles. The van der Waals surface area contributed by atoms with E-state index in [0.717, 1.165) is 11.3 Å². The first-order chi connectivity index (χ1) is 6.02. The number of rotatable bonds is 3. The predicted octanol–water partition coefficient (Wildman–Crippen LogP) is 1.03. The van der Waals surface area contributed by atoms with E-state index in [1.807, 2.05) is 0 Å². The van der Waals surface area contributed by atoms with Gasteiger partial charge in [-0.1, -0.05) is 0 Å². The van der Waals surface area contributed by atoms with Gasteiger partial charge in [-0.15, -0.1) is 11.3 Å². The van der Waals surface area contributed by atoms with Crippen LogP contribution in [0.1, 0.15) is 28.3 Å². The van der Waals surface area contributed by atoms with Crippen LogP contribution in [-0.2, 0) is 4.79 Å². The van der Waals surface area contributed by atoms with Gasteiger partial charge >= 0.3 is 11.9 Å². The minimum atomic E-state index is -1.14. The van der Waals surface area contributed by atoms with Gasteiger partial charge in [-0.3, -0.25) is 4.79 Å². The summed E-state index contributed by atoms with van der Waals surface area (Å²) in [6.45, 7) is 1.47. The second-order valence-corrected chi connectivity index (χ2v) is 3.33. The Morgan fingerprint density at radius 2 is 2.15 bits per heavy atom. The van der Waals surface area contributed by atoms with Gasteiger partial charge in [0.1, 0.15) is 10.9 Å². The van der Waals surface area contributed by atoms with Crippen molar-refractivity contribution in [3.05, 3.63) is 16.1 Å². The van der Waals surface area contributed by atoms with E-state index in [-0.39, 0.29) is 5.69 Å². The molecular weight excluding hydrogens is 194 g/mol. The number of carboxylic acids is 2.